The first-order valence-corrected chi connectivity index (χ1v) is 12.5. The molecule has 10 heteroatoms. The van der Waals surface area contributed by atoms with Crippen LogP contribution in [0.1, 0.15) is 22.8 Å². The second-order valence-electron chi connectivity index (χ2n) is 7.85. The van der Waals surface area contributed by atoms with E-state index in [1.807, 2.05) is 24.0 Å². The number of benzene rings is 2. The molecule has 1 N–H and O–H groups in total. The third kappa shape index (κ3) is 5.12. The Labute approximate surface area is 199 Å². The lowest BCUT2D eigenvalue weighted by atomic mass is 10.1. The second kappa shape index (κ2) is 10.1. The first kappa shape index (κ1) is 23.5. The molecule has 0 saturated carbocycles. The minimum absolute atomic E-state index is 0.0864. The Morgan fingerprint density at radius 3 is 2.32 bits per heavy atom. The summed E-state index contributed by atoms with van der Waals surface area (Å²) in [6.45, 7) is 4.17. The minimum Gasteiger partial charge on any atom is -0.495 e. The molecule has 178 valence electrons. The molecule has 1 aliphatic heterocycles. The van der Waals surface area contributed by atoms with Crippen LogP contribution in [0, 0.1) is 0 Å². The molecule has 1 amide bonds. The zero-order chi connectivity index (χ0) is 24.1. The largest absolute Gasteiger partial charge is 0.495 e. The molecule has 0 aliphatic carbocycles. The van der Waals surface area contributed by atoms with Gasteiger partial charge in [-0.25, -0.2) is 18.4 Å². The van der Waals surface area contributed by atoms with E-state index in [-0.39, 0.29) is 22.1 Å². The molecule has 1 fully saturated rings. The molecule has 9 nitrogen and oxygen atoms in total. The van der Waals surface area contributed by atoms with Gasteiger partial charge in [0, 0.05) is 49.8 Å². The first-order chi connectivity index (χ1) is 16.4. The second-order valence-corrected chi connectivity index (χ2v) is 9.50. The molecule has 0 unspecified atom stereocenters. The zero-order valence-electron chi connectivity index (χ0n) is 19.1. The van der Waals surface area contributed by atoms with Crippen molar-refractivity contribution in [2.45, 2.75) is 18.2 Å². The number of amides is 1. The quantitative estimate of drug-likeness (QED) is 0.553. The first-order valence-electron chi connectivity index (χ1n) is 11.0. The van der Waals surface area contributed by atoms with Crippen molar-refractivity contribution in [2.75, 3.05) is 42.9 Å². The Morgan fingerprint density at radius 1 is 1.03 bits per heavy atom. The average molecular weight is 482 g/mol. The summed E-state index contributed by atoms with van der Waals surface area (Å²) in [4.78, 5) is 25.3. The van der Waals surface area contributed by atoms with E-state index in [0.717, 1.165) is 12.0 Å². The normalized spacial score (nSPS) is 14.1. The summed E-state index contributed by atoms with van der Waals surface area (Å²) >= 11 is 0. The maximum Gasteiger partial charge on any atom is 0.265 e. The van der Waals surface area contributed by atoms with Crippen molar-refractivity contribution < 1.29 is 17.9 Å². The van der Waals surface area contributed by atoms with Crippen LogP contribution < -0.4 is 14.4 Å². The van der Waals surface area contributed by atoms with E-state index >= 15 is 0 Å². The van der Waals surface area contributed by atoms with Gasteiger partial charge in [-0.2, -0.15) is 0 Å². The Morgan fingerprint density at radius 2 is 1.71 bits per heavy atom. The van der Waals surface area contributed by atoms with Gasteiger partial charge in [0.2, 0.25) is 5.95 Å². The SMILES string of the molecule is CCc1ccc(NS(=O)(=O)c2cc(C(=O)N3CCN(c4ncccn4)CC3)ccc2OC)cc1. The number of hydrogen-bond donors (Lipinski definition) is 1. The van der Waals surface area contributed by atoms with Gasteiger partial charge in [-0.05, 0) is 48.4 Å². The summed E-state index contributed by atoms with van der Waals surface area (Å²) < 4.78 is 34.2. The van der Waals surface area contributed by atoms with E-state index in [4.69, 9.17) is 4.74 Å². The zero-order valence-corrected chi connectivity index (χ0v) is 20.0. The predicted octanol–water partition coefficient (Wildman–Crippen LogP) is 2.81. The Bertz CT molecular complexity index is 1240. The maximum absolute atomic E-state index is 13.2. The number of nitrogens with zero attached hydrogens (tertiary/aromatic N) is 4. The number of ether oxygens (including phenoxy) is 1. The molecule has 0 spiro atoms. The van der Waals surface area contributed by atoms with Crippen LogP contribution >= 0.6 is 0 Å². The summed E-state index contributed by atoms with van der Waals surface area (Å²) in [6, 6.07) is 13.4. The molecule has 4 rings (SSSR count). The van der Waals surface area contributed by atoms with Gasteiger partial charge in [-0.3, -0.25) is 9.52 Å². The van der Waals surface area contributed by atoms with Gasteiger partial charge < -0.3 is 14.5 Å². The number of nitrogens with one attached hydrogen (secondary N) is 1. The van der Waals surface area contributed by atoms with Gasteiger partial charge in [0.25, 0.3) is 15.9 Å². The minimum atomic E-state index is -3.98. The molecule has 2 heterocycles. The van der Waals surface area contributed by atoms with Crippen LogP contribution in [-0.4, -0.2) is 62.5 Å². The molecule has 2 aromatic carbocycles. The highest BCUT2D eigenvalue weighted by Crippen LogP contribution is 2.28. The summed E-state index contributed by atoms with van der Waals surface area (Å²) in [6.07, 6.45) is 4.23. The van der Waals surface area contributed by atoms with Crippen molar-refractivity contribution in [3.8, 4) is 5.75 Å². The standard InChI is InChI=1S/C24H27N5O4S/c1-3-18-5-8-20(9-6-18)27-34(31,32)22-17-19(7-10-21(22)33-2)23(30)28-13-15-29(16-14-28)24-25-11-4-12-26-24/h4-12,17,27H,3,13-16H2,1-2H3. The fourth-order valence-electron chi connectivity index (χ4n) is 3.78. The van der Waals surface area contributed by atoms with Crippen LogP contribution in [-0.2, 0) is 16.4 Å². The van der Waals surface area contributed by atoms with Gasteiger partial charge in [-0.1, -0.05) is 19.1 Å². The fraction of sp³-hybridized carbons (Fsp3) is 0.292. The van der Waals surface area contributed by atoms with Crippen molar-refractivity contribution in [1.29, 1.82) is 0 Å². The molecule has 0 atom stereocenters. The van der Waals surface area contributed by atoms with E-state index in [1.165, 1.54) is 19.2 Å². The van der Waals surface area contributed by atoms with Crippen LogP contribution in [0.5, 0.6) is 5.75 Å². The van der Waals surface area contributed by atoms with Gasteiger partial charge >= 0.3 is 0 Å². The molecule has 0 radical (unpaired) electrons. The van der Waals surface area contributed by atoms with Gasteiger partial charge in [-0.15, -0.1) is 0 Å². The Hall–Kier alpha value is -3.66. The smallest absolute Gasteiger partial charge is 0.265 e. The number of sulfonamides is 1. The molecular weight excluding hydrogens is 454 g/mol. The maximum atomic E-state index is 13.2. The van der Waals surface area contributed by atoms with Gasteiger partial charge in [0.15, 0.2) is 0 Å². The third-order valence-corrected chi connectivity index (χ3v) is 7.12. The van der Waals surface area contributed by atoms with E-state index in [9.17, 15) is 13.2 Å². The molecule has 34 heavy (non-hydrogen) atoms. The van der Waals surface area contributed by atoms with Crippen molar-refractivity contribution in [3.63, 3.8) is 0 Å². The average Bonchev–Trinajstić information content (AvgIpc) is 2.88. The van der Waals surface area contributed by atoms with E-state index < -0.39 is 10.0 Å². The van der Waals surface area contributed by atoms with E-state index in [2.05, 4.69) is 14.7 Å². The van der Waals surface area contributed by atoms with Crippen molar-refractivity contribution in [2.24, 2.45) is 0 Å². The van der Waals surface area contributed by atoms with Crippen LogP contribution in [0.15, 0.2) is 65.8 Å². The van der Waals surface area contributed by atoms with E-state index in [1.54, 1.807) is 41.6 Å². The number of aryl methyl sites for hydroxylation is 1. The number of carbonyl (C=O) groups excluding carboxylic acids is 1. The van der Waals surface area contributed by atoms with Gasteiger partial charge in [0.05, 0.1) is 7.11 Å². The fourth-order valence-corrected chi connectivity index (χ4v) is 5.04. The number of hydrogen-bond acceptors (Lipinski definition) is 7. The van der Waals surface area contributed by atoms with Crippen LogP contribution in [0.3, 0.4) is 0 Å². The topological polar surface area (TPSA) is 105 Å². The van der Waals surface area contributed by atoms with Crippen LogP contribution in [0.2, 0.25) is 0 Å². The molecule has 3 aromatic rings. The number of rotatable bonds is 7. The molecule has 0 bridgehead atoms. The van der Waals surface area contributed by atoms with Crippen molar-refractivity contribution in [1.82, 2.24) is 14.9 Å². The summed E-state index contributed by atoms with van der Waals surface area (Å²) in [7, 11) is -2.58. The molecule has 1 aliphatic rings. The number of carbonyl (C=O) groups is 1. The van der Waals surface area contributed by atoms with Crippen LogP contribution in [0.25, 0.3) is 0 Å². The summed E-state index contributed by atoms with van der Waals surface area (Å²) in [5, 5.41) is 0. The monoisotopic (exact) mass is 481 g/mol. The van der Waals surface area contributed by atoms with Gasteiger partial charge in [0.1, 0.15) is 10.6 Å². The predicted molar refractivity (Wildman–Crippen MR) is 130 cm³/mol. The number of anilines is 2. The number of methoxy groups -OCH3 is 1. The highest BCUT2D eigenvalue weighted by Gasteiger charge is 2.26. The molecule has 1 aromatic heterocycles. The van der Waals surface area contributed by atoms with Crippen LogP contribution in [0.4, 0.5) is 11.6 Å². The third-order valence-electron chi connectivity index (χ3n) is 5.72. The van der Waals surface area contributed by atoms with Crippen molar-refractivity contribution in [3.05, 3.63) is 72.1 Å². The molecule has 1 saturated heterocycles. The Kier molecular flexibility index (Phi) is 6.97. The lowest BCUT2D eigenvalue weighted by molar-refractivity contribution is 0.0746. The Balaban J connectivity index is 1.51. The molecular formula is C24H27N5O4S. The highest BCUT2D eigenvalue weighted by atomic mass is 32.2. The lowest BCUT2D eigenvalue weighted by Crippen LogP contribution is -2.49. The van der Waals surface area contributed by atoms with E-state index in [0.29, 0.717) is 37.8 Å². The highest BCUT2D eigenvalue weighted by molar-refractivity contribution is 7.92. The summed E-state index contributed by atoms with van der Waals surface area (Å²) in [5.41, 5.74) is 1.83. The summed E-state index contributed by atoms with van der Waals surface area (Å²) in [5.74, 6) is 0.561. The van der Waals surface area contributed by atoms with Crippen molar-refractivity contribution >= 4 is 27.6 Å². The number of piperazine rings is 1. The number of aromatic nitrogens is 2. The lowest BCUT2D eigenvalue weighted by Gasteiger charge is -2.34.